The molecule has 12 aromatic carbocycles. The van der Waals surface area contributed by atoms with Crippen molar-refractivity contribution >= 4 is 60.5 Å². The van der Waals surface area contributed by atoms with Crippen molar-refractivity contribution in [2.24, 2.45) is 0 Å². The van der Waals surface area contributed by atoms with E-state index in [0.29, 0.717) is 0 Å². The standard InChI is InChI=1S/C69H43NO/c1-2-18-47-43-50(35-34-44(47)16-1)49-20-13-19-48(42-49)45-36-39-51(40-37-45)70(64-32-12-8-24-55(64)56-26-14-27-57-58-41-38-46-17-3-4-21-52(46)67(58)71-68(56)57)65-33-15-31-63-66(65)59-25-7-11-30-62(59)69(63)60-28-9-5-22-53(60)54-23-6-10-29-61(54)69/h1-43H. The molecular weight excluding hydrogens is 859 g/mol. The van der Waals surface area contributed by atoms with Crippen LogP contribution in [0.5, 0.6) is 0 Å². The van der Waals surface area contributed by atoms with Gasteiger partial charge in [-0.1, -0.05) is 218 Å². The predicted molar refractivity (Wildman–Crippen MR) is 296 cm³/mol. The molecule has 0 saturated heterocycles. The molecule has 330 valence electrons. The molecule has 1 spiro atoms. The van der Waals surface area contributed by atoms with Crippen LogP contribution in [-0.4, -0.2) is 0 Å². The first-order chi connectivity index (χ1) is 35.2. The van der Waals surface area contributed by atoms with Gasteiger partial charge in [0.05, 0.1) is 16.8 Å². The van der Waals surface area contributed by atoms with Gasteiger partial charge in [-0.25, -0.2) is 0 Å². The highest BCUT2D eigenvalue weighted by molar-refractivity contribution is 6.18. The second kappa shape index (κ2) is 15.4. The molecule has 0 N–H and O–H groups in total. The monoisotopic (exact) mass is 901 g/mol. The van der Waals surface area contributed by atoms with E-state index in [-0.39, 0.29) is 0 Å². The van der Waals surface area contributed by atoms with Crippen molar-refractivity contribution in [1.82, 2.24) is 0 Å². The third-order valence-electron chi connectivity index (χ3n) is 15.5. The molecule has 13 aromatic rings. The van der Waals surface area contributed by atoms with Gasteiger partial charge >= 0.3 is 0 Å². The summed E-state index contributed by atoms with van der Waals surface area (Å²) in [4.78, 5) is 2.50. The molecule has 0 atom stereocenters. The molecule has 0 fully saturated rings. The SMILES string of the molecule is c1cc(-c2ccc(N(c3ccccc3-c3cccc4c3oc3c5ccccc5ccc43)c3cccc4c3-c3ccccc3C43c4ccccc4-c4ccccc43)cc2)cc(-c2ccc3ccccc3c2)c1. The highest BCUT2D eigenvalue weighted by Gasteiger charge is 2.52. The Balaban J connectivity index is 0.954. The zero-order valence-corrected chi connectivity index (χ0v) is 38.7. The molecule has 2 aliphatic rings. The summed E-state index contributed by atoms with van der Waals surface area (Å²) in [7, 11) is 0. The summed E-state index contributed by atoms with van der Waals surface area (Å²) < 4.78 is 7.06. The zero-order valence-electron chi connectivity index (χ0n) is 38.7. The van der Waals surface area contributed by atoms with Crippen LogP contribution in [0, 0.1) is 0 Å². The lowest BCUT2D eigenvalue weighted by Crippen LogP contribution is -2.26. The highest BCUT2D eigenvalue weighted by Crippen LogP contribution is 2.65. The molecule has 0 radical (unpaired) electrons. The lowest BCUT2D eigenvalue weighted by molar-refractivity contribution is 0.674. The molecule has 2 aliphatic carbocycles. The molecule has 0 bridgehead atoms. The van der Waals surface area contributed by atoms with Crippen molar-refractivity contribution in [3.05, 3.63) is 283 Å². The Morgan fingerprint density at radius 3 is 1.58 bits per heavy atom. The molecule has 1 heterocycles. The Morgan fingerprint density at radius 1 is 0.282 bits per heavy atom. The van der Waals surface area contributed by atoms with E-state index in [1.165, 1.54) is 77.4 Å². The molecule has 0 amide bonds. The molecule has 1 aromatic heterocycles. The minimum atomic E-state index is -0.483. The van der Waals surface area contributed by atoms with E-state index < -0.39 is 5.41 Å². The van der Waals surface area contributed by atoms with Gasteiger partial charge in [-0.2, -0.15) is 0 Å². The van der Waals surface area contributed by atoms with E-state index >= 15 is 0 Å². The largest absolute Gasteiger partial charge is 0.455 e. The van der Waals surface area contributed by atoms with Gasteiger partial charge in [-0.05, 0) is 120 Å². The van der Waals surface area contributed by atoms with Crippen LogP contribution in [0.3, 0.4) is 0 Å². The van der Waals surface area contributed by atoms with Gasteiger partial charge in [-0.15, -0.1) is 0 Å². The van der Waals surface area contributed by atoms with E-state index in [2.05, 4.69) is 266 Å². The number of hydrogen-bond donors (Lipinski definition) is 0. The van der Waals surface area contributed by atoms with Gasteiger partial charge in [0.1, 0.15) is 11.2 Å². The van der Waals surface area contributed by atoms with E-state index in [1.807, 2.05) is 0 Å². The Labute approximate surface area is 412 Å². The maximum atomic E-state index is 7.06. The fourth-order valence-corrected chi connectivity index (χ4v) is 12.4. The summed E-state index contributed by atoms with van der Waals surface area (Å²) in [5.74, 6) is 0. The minimum absolute atomic E-state index is 0.483. The van der Waals surface area contributed by atoms with Crippen LogP contribution in [0.2, 0.25) is 0 Å². The molecule has 2 heteroatoms. The van der Waals surface area contributed by atoms with Crippen LogP contribution in [0.1, 0.15) is 22.3 Å². The van der Waals surface area contributed by atoms with Gasteiger partial charge in [0.2, 0.25) is 0 Å². The molecule has 0 aliphatic heterocycles. The fourth-order valence-electron chi connectivity index (χ4n) is 12.4. The first-order valence-electron chi connectivity index (χ1n) is 24.6. The number of hydrogen-bond acceptors (Lipinski definition) is 2. The van der Waals surface area contributed by atoms with Crippen LogP contribution in [0.4, 0.5) is 17.1 Å². The summed E-state index contributed by atoms with van der Waals surface area (Å²) in [6.45, 7) is 0. The normalized spacial score (nSPS) is 12.9. The van der Waals surface area contributed by atoms with Gasteiger partial charge in [0.15, 0.2) is 0 Å². The predicted octanol–water partition coefficient (Wildman–Crippen LogP) is 18.7. The molecule has 0 unspecified atom stereocenters. The molecule has 2 nitrogen and oxygen atoms in total. The van der Waals surface area contributed by atoms with E-state index in [9.17, 15) is 0 Å². The zero-order chi connectivity index (χ0) is 46.6. The summed E-state index contributed by atoms with van der Waals surface area (Å²) in [6.07, 6.45) is 0. The minimum Gasteiger partial charge on any atom is -0.455 e. The summed E-state index contributed by atoms with van der Waals surface area (Å²) in [6, 6.07) is 96.1. The number of anilines is 3. The fraction of sp³-hybridized carbons (Fsp3) is 0.0145. The second-order valence-electron chi connectivity index (χ2n) is 19.1. The lowest BCUT2D eigenvalue weighted by Gasteiger charge is -2.32. The number of nitrogens with zero attached hydrogens (tertiary/aromatic N) is 1. The quantitative estimate of drug-likeness (QED) is 0.165. The van der Waals surface area contributed by atoms with Crippen LogP contribution >= 0.6 is 0 Å². The number of rotatable bonds is 6. The number of furan rings is 1. The number of benzene rings is 12. The topological polar surface area (TPSA) is 16.4 Å². The smallest absolute Gasteiger partial charge is 0.143 e. The van der Waals surface area contributed by atoms with Gasteiger partial charge in [0, 0.05) is 38.5 Å². The van der Waals surface area contributed by atoms with Crippen molar-refractivity contribution in [2.75, 3.05) is 4.90 Å². The highest BCUT2D eigenvalue weighted by atomic mass is 16.3. The maximum Gasteiger partial charge on any atom is 0.143 e. The van der Waals surface area contributed by atoms with Crippen molar-refractivity contribution < 1.29 is 4.42 Å². The van der Waals surface area contributed by atoms with Gasteiger partial charge in [0.25, 0.3) is 0 Å². The average Bonchev–Trinajstić information content (AvgIpc) is 4.10. The Morgan fingerprint density at radius 2 is 0.789 bits per heavy atom. The van der Waals surface area contributed by atoms with E-state index in [1.54, 1.807) is 0 Å². The lowest BCUT2D eigenvalue weighted by atomic mass is 9.70. The van der Waals surface area contributed by atoms with Crippen molar-refractivity contribution in [2.45, 2.75) is 5.41 Å². The molecular formula is C69H43NO. The second-order valence-corrected chi connectivity index (χ2v) is 19.1. The summed E-state index contributed by atoms with van der Waals surface area (Å²) in [5, 5.41) is 7.00. The van der Waals surface area contributed by atoms with Crippen LogP contribution < -0.4 is 4.90 Å². The van der Waals surface area contributed by atoms with E-state index in [0.717, 1.165) is 61.1 Å². The first kappa shape index (κ1) is 39.7. The number of fused-ring (bicyclic) bond motifs is 16. The van der Waals surface area contributed by atoms with Crippen LogP contribution in [-0.2, 0) is 5.41 Å². The van der Waals surface area contributed by atoms with E-state index in [4.69, 9.17) is 4.42 Å². The maximum absolute atomic E-state index is 7.06. The Bertz CT molecular complexity index is 4260. The van der Waals surface area contributed by atoms with Gasteiger partial charge in [-0.3, -0.25) is 0 Å². The van der Waals surface area contributed by atoms with Crippen molar-refractivity contribution in [1.29, 1.82) is 0 Å². The number of para-hydroxylation sites is 2. The molecule has 0 saturated carbocycles. The Kier molecular flexibility index (Phi) is 8.61. The van der Waals surface area contributed by atoms with Crippen LogP contribution in [0.15, 0.2) is 265 Å². The molecule has 71 heavy (non-hydrogen) atoms. The van der Waals surface area contributed by atoms with Crippen molar-refractivity contribution in [3.63, 3.8) is 0 Å². The summed E-state index contributed by atoms with van der Waals surface area (Å²) >= 11 is 0. The third-order valence-corrected chi connectivity index (χ3v) is 15.5. The van der Waals surface area contributed by atoms with Crippen molar-refractivity contribution in [3.8, 4) is 55.6 Å². The van der Waals surface area contributed by atoms with Crippen LogP contribution in [0.25, 0.3) is 99.1 Å². The summed E-state index contributed by atoms with van der Waals surface area (Å²) in [5.41, 5.74) is 21.8. The Hall–Kier alpha value is -9.24. The first-order valence-corrected chi connectivity index (χ1v) is 24.6. The third kappa shape index (κ3) is 5.77. The molecule has 15 rings (SSSR count). The average molecular weight is 902 g/mol. The van der Waals surface area contributed by atoms with Gasteiger partial charge < -0.3 is 9.32 Å².